The zero-order chi connectivity index (χ0) is 8.10. The van der Waals surface area contributed by atoms with Crippen molar-refractivity contribution in [1.29, 1.82) is 0 Å². The molecule has 0 aliphatic heterocycles. The van der Waals surface area contributed by atoms with Crippen LogP contribution in [0.1, 0.15) is 19.0 Å². The lowest BCUT2D eigenvalue weighted by molar-refractivity contribution is 0.613. The number of rotatable bonds is 4. The van der Waals surface area contributed by atoms with Crippen LogP contribution in [0.15, 0.2) is 12.5 Å². The van der Waals surface area contributed by atoms with Crippen LogP contribution in [-0.2, 0) is 13.1 Å². The monoisotopic (exact) mass is 154 g/mol. The molecule has 4 nitrogen and oxygen atoms in total. The molecule has 0 saturated carbocycles. The van der Waals surface area contributed by atoms with Gasteiger partial charge < -0.3 is 4.57 Å². The Hall–Kier alpha value is -0.870. The number of imidazole rings is 1. The quantitative estimate of drug-likeness (QED) is 0.483. The predicted molar refractivity (Wildman–Crippen MR) is 43.5 cm³/mol. The number of hydrogen-bond donors (Lipinski definition) is 2. The van der Waals surface area contributed by atoms with Gasteiger partial charge in [-0.1, -0.05) is 6.92 Å². The maximum atomic E-state index is 5.19. The van der Waals surface area contributed by atoms with Gasteiger partial charge in [-0.15, -0.1) is 0 Å². The van der Waals surface area contributed by atoms with Gasteiger partial charge in [-0.05, 0) is 6.42 Å². The van der Waals surface area contributed by atoms with Crippen molar-refractivity contribution < 1.29 is 0 Å². The third-order valence-corrected chi connectivity index (χ3v) is 1.55. The first kappa shape index (κ1) is 8.23. The third kappa shape index (κ3) is 2.03. The molecular weight excluding hydrogens is 140 g/mol. The van der Waals surface area contributed by atoms with E-state index in [-0.39, 0.29) is 0 Å². The van der Waals surface area contributed by atoms with Crippen molar-refractivity contribution in [3.05, 3.63) is 18.2 Å². The molecule has 0 amide bonds. The fourth-order valence-electron chi connectivity index (χ4n) is 1.04. The predicted octanol–water partition coefficient (Wildman–Crippen LogP) is 0.256. The summed E-state index contributed by atoms with van der Waals surface area (Å²) >= 11 is 0. The Morgan fingerprint density at radius 3 is 3.18 bits per heavy atom. The summed E-state index contributed by atoms with van der Waals surface area (Å²) in [5.41, 5.74) is 3.74. The topological polar surface area (TPSA) is 55.9 Å². The van der Waals surface area contributed by atoms with Gasteiger partial charge in [-0.25, -0.2) is 4.98 Å². The van der Waals surface area contributed by atoms with E-state index in [0.717, 1.165) is 18.7 Å². The molecule has 3 N–H and O–H groups in total. The summed E-state index contributed by atoms with van der Waals surface area (Å²) in [5, 5.41) is 0. The van der Waals surface area contributed by atoms with Crippen LogP contribution < -0.4 is 11.3 Å². The molecule has 1 heterocycles. The lowest BCUT2D eigenvalue weighted by Gasteiger charge is -2.04. The minimum Gasteiger partial charge on any atom is -0.333 e. The SMILES string of the molecule is CCCn1cncc1CNN. The third-order valence-electron chi connectivity index (χ3n) is 1.55. The van der Waals surface area contributed by atoms with Gasteiger partial charge in [0.05, 0.1) is 18.6 Å². The number of hydrogen-bond acceptors (Lipinski definition) is 3. The Morgan fingerprint density at radius 1 is 1.73 bits per heavy atom. The van der Waals surface area contributed by atoms with Gasteiger partial charge in [0.2, 0.25) is 0 Å². The van der Waals surface area contributed by atoms with Crippen molar-refractivity contribution in [3.63, 3.8) is 0 Å². The highest BCUT2D eigenvalue weighted by Crippen LogP contribution is 1.99. The van der Waals surface area contributed by atoms with E-state index < -0.39 is 0 Å². The molecule has 0 unspecified atom stereocenters. The van der Waals surface area contributed by atoms with Crippen LogP contribution in [0, 0.1) is 0 Å². The molecular formula is C7H14N4. The molecule has 0 bridgehead atoms. The van der Waals surface area contributed by atoms with Crippen LogP contribution in [0.3, 0.4) is 0 Å². The number of nitrogens with zero attached hydrogens (tertiary/aromatic N) is 2. The summed E-state index contributed by atoms with van der Waals surface area (Å²) in [6.45, 7) is 3.83. The summed E-state index contributed by atoms with van der Waals surface area (Å²) in [6.07, 6.45) is 4.78. The van der Waals surface area contributed by atoms with Crippen molar-refractivity contribution >= 4 is 0 Å². The van der Waals surface area contributed by atoms with E-state index in [9.17, 15) is 0 Å². The molecule has 1 aromatic heterocycles. The van der Waals surface area contributed by atoms with E-state index in [1.807, 2.05) is 12.5 Å². The Kier molecular flexibility index (Phi) is 3.07. The molecule has 4 heteroatoms. The maximum Gasteiger partial charge on any atom is 0.0948 e. The van der Waals surface area contributed by atoms with Gasteiger partial charge >= 0.3 is 0 Å². The molecule has 0 fully saturated rings. The van der Waals surface area contributed by atoms with E-state index in [2.05, 4.69) is 21.9 Å². The summed E-state index contributed by atoms with van der Waals surface area (Å²) in [5.74, 6) is 5.19. The summed E-state index contributed by atoms with van der Waals surface area (Å²) < 4.78 is 2.10. The lowest BCUT2D eigenvalue weighted by atomic mass is 10.4. The van der Waals surface area contributed by atoms with Crippen molar-refractivity contribution in [1.82, 2.24) is 15.0 Å². The number of aryl methyl sites for hydroxylation is 1. The molecule has 0 aromatic carbocycles. The second-order valence-corrected chi connectivity index (χ2v) is 2.46. The first-order valence-electron chi connectivity index (χ1n) is 3.81. The zero-order valence-corrected chi connectivity index (χ0v) is 6.75. The van der Waals surface area contributed by atoms with Gasteiger partial charge in [0.25, 0.3) is 0 Å². The smallest absolute Gasteiger partial charge is 0.0948 e. The second-order valence-electron chi connectivity index (χ2n) is 2.46. The number of aromatic nitrogens is 2. The molecule has 0 radical (unpaired) electrons. The Labute approximate surface area is 66.4 Å². The van der Waals surface area contributed by atoms with Crippen molar-refractivity contribution in [2.45, 2.75) is 26.4 Å². The van der Waals surface area contributed by atoms with Crippen LogP contribution in [0.5, 0.6) is 0 Å². The standard InChI is InChI=1S/C7H14N4/c1-2-3-11-6-9-4-7(11)5-10-8/h4,6,10H,2-3,5,8H2,1H3. The Balaban J connectivity index is 2.62. The number of nitrogens with one attached hydrogen (secondary N) is 1. The largest absolute Gasteiger partial charge is 0.333 e. The normalized spacial score (nSPS) is 10.4. The molecule has 0 aliphatic rings. The van der Waals surface area contributed by atoms with E-state index in [1.165, 1.54) is 0 Å². The fourth-order valence-corrected chi connectivity index (χ4v) is 1.04. The highest BCUT2D eigenvalue weighted by molar-refractivity contribution is 4.97. The van der Waals surface area contributed by atoms with E-state index in [0.29, 0.717) is 6.54 Å². The highest BCUT2D eigenvalue weighted by atomic mass is 15.2. The Morgan fingerprint density at radius 2 is 2.55 bits per heavy atom. The zero-order valence-electron chi connectivity index (χ0n) is 6.75. The molecule has 0 aliphatic carbocycles. The van der Waals surface area contributed by atoms with Crippen LogP contribution in [0.25, 0.3) is 0 Å². The van der Waals surface area contributed by atoms with Crippen molar-refractivity contribution in [3.8, 4) is 0 Å². The van der Waals surface area contributed by atoms with Gasteiger partial charge in [-0.3, -0.25) is 11.3 Å². The average Bonchev–Trinajstić information content (AvgIpc) is 2.39. The lowest BCUT2D eigenvalue weighted by Crippen LogP contribution is -2.22. The van der Waals surface area contributed by atoms with Crippen molar-refractivity contribution in [2.24, 2.45) is 5.84 Å². The van der Waals surface area contributed by atoms with Gasteiger partial charge in [0, 0.05) is 12.7 Å². The van der Waals surface area contributed by atoms with Gasteiger partial charge in [-0.2, -0.15) is 0 Å². The molecule has 0 saturated heterocycles. The highest BCUT2D eigenvalue weighted by Gasteiger charge is 1.97. The molecule has 11 heavy (non-hydrogen) atoms. The second kappa shape index (κ2) is 4.10. The Bertz CT molecular complexity index is 185. The van der Waals surface area contributed by atoms with Crippen LogP contribution in [-0.4, -0.2) is 9.55 Å². The van der Waals surface area contributed by atoms with Crippen molar-refractivity contribution in [2.75, 3.05) is 0 Å². The van der Waals surface area contributed by atoms with Crippen LogP contribution >= 0.6 is 0 Å². The fraction of sp³-hybridized carbons (Fsp3) is 0.571. The summed E-state index contributed by atoms with van der Waals surface area (Å²) in [6, 6.07) is 0. The van der Waals surface area contributed by atoms with E-state index in [4.69, 9.17) is 5.84 Å². The maximum absolute atomic E-state index is 5.19. The van der Waals surface area contributed by atoms with E-state index in [1.54, 1.807) is 0 Å². The summed E-state index contributed by atoms with van der Waals surface area (Å²) in [7, 11) is 0. The first-order valence-corrected chi connectivity index (χ1v) is 3.81. The van der Waals surface area contributed by atoms with E-state index >= 15 is 0 Å². The van der Waals surface area contributed by atoms with Gasteiger partial charge in [0.1, 0.15) is 0 Å². The first-order chi connectivity index (χ1) is 5.38. The number of hydrazine groups is 1. The summed E-state index contributed by atoms with van der Waals surface area (Å²) in [4.78, 5) is 4.03. The van der Waals surface area contributed by atoms with Crippen LogP contribution in [0.4, 0.5) is 0 Å². The molecule has 1 aromatic rings. The molecule has 1 rings (SSSR count). The molecule has 0 atom stereocenters. The number of nitrogens with two attached hydrogens (primary N) is 1. The van der Waals surface area contributed by atoms with Gasteiger partial charge in [0.15, 0.2) is 0 Å². The average molecular weight is 154 g/mol. The molecule has 0 spiro atoms. The molecule has 62 valence electrons. The van der Waals surface area contributed by atoms with Crippen LogP contribution in [0.2, 0.25) is 0 Å². The minimum atomic E-state index is 0.681. The minimum absolute atomic E-state index is 0.681.